The number of guanidine groups is 1. The minimum atomic E-state index is 0.311. The van der Waals surface area contributed by atoms with Crippen molar-refractivity contribution in [2.45, 2.75) is 57.5 Å². The molecule has 0 radical (unpaired) electrons. The lowest BCUT2D eigenvalue weighted by atomic mass is 9.98. The lowest BCUT2D eigenvalue weighted by molar-refractivity contribution is -0.127. The summed E-state index contributed by atoms with van der Waals surface area (Å²) in [7, 11) is 0. The zero-order chi connectivity index (χ0) is 22.2. The van der Waals surface area contributed by atoms with E-state index in [9.17, 15) is 4.79 Å². The van der Waals surface area contributed by atoms with Gasteiger partial charge in [-0.05, 0) is 50.7 Å². The van der Waals surface area contributed by atoms with Gasteiger partial charge in [0.2, 0.25) is 5.91 Å². The van der Waals surface area contributed by atoms with Crippen LogP contribution in [-0.4, -0.2) is 75.4 Å². The van der Waals surface area contributed by atoms with E-state index in [1.54, 1.807) is 0 Å². The third-order valence-electron chi connectivity index (χ3n) is 6.67. The molecule has 0 spiro atoms. The molecule has 0 aromatic heterocycles. The van der Waals surface area contributed by atoms with Gasteiger partial charge in [-0.25, -0.2) is 0 Å². The molecule has 2 saturated heterocycles. The van der Waals surface area contributed by atoms with Crippen LogP contribution in [0.3, 0.4) is 0 Å². The van der Waals surface area contributed by atoms with E-state index >= 15 is 0 Å². The molecule has 1 amide bonds. The molecule has 1 N–H and O–H groups in total. The van der Waals surface area contributed by atoms with Crippen LogP contribution >= 0.6 is 0 Å². The average molecular weight is 443 g/mol. The number of fused-ring (bicyclic) bond motifs is 1. The molecule has 2 fully saturated rings. The summed E-state index contributed by atoms with van der Waals surface area (Å²) >= 11 is 0. The maximum Gasteiger partial charge on any atom is 0.222 e. The van der Waals surface area contributed by atoms with Gasteiger partial charge >= 0.3 is 0 Å². The molecule has 1 unspecified atom stereocenters. The van der Waals surface area contributed by atoms with Crippen molar-refractivity contribution in [3.8, 4) is 0 Å². The first-order valence-electron chi connectivity index (χ1n) is 12.4. The van der Waals surface area contributed by atoms with Crippen molar-refractivity contribution in [1.29, 1.82) is 0 Å². The molecule has 7 heteroatoms. The number of carbonyl (C=O) groups excluding carboxylic acids is 1. The van der Waals surface area contributed by atoms with Crippen molar-refractivity contribution in [3.05, 3.63) is 29.8 Å². The van der Waals surface area contributed by atoms with E-state index in [-0.39, 0.29) is 0 Å². The van der Waals surface area contributed by atoms with Gasteiger partial charge in [0.05, 0.1) is 6.10 Å². The Morgan fingerprint density at radius 2 is 2.12 bits per heavy atom. The molecule has 1 aromatic rings. The quantitative estimate of drug-likeness (QED) is 0.362. The first-order chi connectivity index (χ1) is 15.8. The maximum absolute atomic E-state index is 12.0. The minimum Gasteiger partial charge on any atom is -0.381 e. The van der Waals surface area contributed by atoms with E-state index in [4.69, 9.17) is 14.5 Å². The van der Waals surface area contributed by atoms with Crippen molar-refractivity contribution in [2.75, 3.05) is 57.4 Å². The van der Waals surface area contributed by atoms with Crippen LogP contribution in [0.2, 0.25) is 0 Å². The first-order valence-corrected chi connectivity index (χ1v) is 12.4. The van der Waals surface area contributed by atoms with Gasteiger partial charge in [0, 0.05) is 70.6 Å². The molecule has 1 aromatic carbocycles. The number of anilines is 1. The number of likely N-dealkylation sites (tertiary alicyclic amines) is 1. The number of benzene rings is 1. The third kappa shape index (κ3) is 5.81. The maximum atomic E-state index is 12.0. The van der Waals surface area contributed by atoms with E-state index in [1.165, 1.54) is 11.3 Å². The van der Waals surface area contributed by atoms with E-state index in [1.807, 2.05) is 4.90 Å². The molecule has 0 saturated carbocycles. The van der Waals surface area contributed by atoms with Gasteiger partial charge in [-0.3, -0.25) is 9.79 Å². The fraction of sp³-hybridized carbons (Fsp3) is 0.680. The summed E-state index contributed by atoms with van der Waals surface area (Å²) in [5, 5.41) is 3.48. The Balaban J connectivity index is 1.34. The molecule has 176 valence electrons. The van der Waals surface area contributed by atoms with Crippen LogP contribution in [0.25, 0.3) is 0 Å². The number of rotatable bonds is 9. The third-order valence-corrected chi connectivity index (χ3v) is 6.67. The molecular formula is C25H38N4O3. The Kier molecular flexibility index (Phi) is 8.40. The average Bonchev–Trinajstić information content (AvgIpc) is 3.40. The molecule has 0 bridgehead atoms. The number of ether oxygens (including phenoxy) is 2. The highest BCUT2D eigenvalue weighted by molar-refractivity contribution is 5.98. The standard InChI is InChI=1S/C25H38N4O3/c1-2-26-25(27-13-6-16-32-21-11-17-31-18-12-21)29-19-20(22-7-3-4-8-23(22)29)10-15-28-14-5-9-24(28)30/h3-4,7-8,20-21H,2,5-6,9-19H2,1H3,(H,26,27). The van der Waals surface area contributed by atoms with Crippen LogP contribution in [0.5, 0.6) is 0 Å². The van der Waals surface area contributed by atoms with Crippen LogP contribution < -0.4 is 10.2 Å². The Hall–Kier alpha value is -2.12. The highest BCUT2D eigenvalue weighted by Crippen LogP contribution is 2.38. The summed E-state index contributed by atoms with van der Waals surface area (Å²) in [6.07, 6.45) is 5.97. The fourth-order valence-electron chi connectivity index (χ4n) is 4.93. The predicted octanol–water partition coefficient (Wildman–Crippen LogP) is 3.15. The number of carbonyl (C=O) groups is 1. The van der Waals surface area contributed by atoms with Gasteiger partial charge in [-0.1, -0.05) is 18.2 Å². The molecular weight excluding hydrogens is 404 g/mol. The zero-order valence-corrected chi connectivity index (χ0v) is 19.4. The lowest BCUT2D eigenvalue weighted by Crippen LogP contribution is -2.41. The van der Waals surface area contributed by atoms with Gasteiger partial charge in [0.25, 0.3) is 0 Å². The van der Waals surface area contributed by atoms with Crippen LogP contribution in [0.15, 0.2) is 29.3 Å². The number of aliphatic imine (C=N–C) groups is 1. The monoisotopic (exact) mass is 442 g/mol. The largest absolute Gasteiger partial charge is 0.381 e. The second-order valence-corrected chi connectivity index (χ2v) is 8.91. The minimum absolute atomic E-state index is 0.311. The number of hydrogen-bond donors (Lipinski definition) is 1. The molecule has 0 aliphatic carbocycles. The topological polar surface area (TPSA) is 66.4 Å². The molecule has 3 heterocycles. The van der Waals surface area contributed by atoms with Crippen molar-refractivity contribution >= 4 is 17.6 Å². The lowest BCUT2D eigenvalue weighted by Gasteiger charge is -2.24. The summed E-state index contributed by atoms with van der Waals surface area (Å²) in [6.45, 7) is 8.74. The highest BCUT2D eigenvalue weighted by Gasteiger charge is 2.32. The van der Waals surface area contributed by atoms with Gasteiger partial charge in [0.15, 0.2) is 5.96 Å². The van der Waals surface area contributed by atoms with Crippen molar-refractivity contribution in [2.24, 2.45) is 4.99 Å². The van der Waals surface area contributed by atoms with Crippen molar-refractivity contribution in [1.82, 2.24) is 10.2 Å². The second kappa shape index (κ2) is 11.7. The normalized spacial score (nSPS) is 22.0. The second-order valence-electron chi connectivity index (χ2n) is 8.91. The number of amides is 1. The van der Waals surface area contributed by atoms with Gasteiger partial charge in [-0.2, -0.15) is 0 Å². The van der Waals surface area contributed by atoms with Crippen LogP contribution in [0.4, 0.5) is 5.69 Å². The van der Waals surface area contributed by atoms with Crippen molar-refractivity contribution in [3.63, 3.8) is 0 Å². The molecule has 7 nitrogen and oxygen atoms in total. The highest BCUT2D eigenvalue weighted by atomic mass is 16.5. The predicted molar refractivity (Wildman–Crippen MR) is 127 cm³/mol. The van der Waals surface area contributed by atoms with Crippen LogP contribution in [0, 0.1) is 0 Å². The smallest absolute Gasteiger partial charge is 0.222 e. The first kappa shape index (κ1) is 23.1. The Morgan fingerprint density at radius 3 is 2.91 bits per heavy atom. The van der Waals surface area contributed by atoms with Crippen LogP contribution in [0.1, 0.15) is 56.9 Å². The summed E-state index contributed by atoms with van der Waals surface area (Å²) in [5.74, 6) is 1.68. The van der Waals surface area contributed by atoms with Crippen molar-refractivity contribution < 1.29 is 14.3 Å². The number of nitrogens with one attached hydrogen (secondary N) is 1. The van der Waals surface area contributed by atoms with Gasteiger partial charge in [0.1, 0.15) is 0 Å². The number of para-hydroxylation sites is 1. The van der Waals surface area contributed by atoms with E-state index in [0.717, 1.165) is 90.6 Å². The van der Waals surface area contributed by atoms with Gasteiger partial charge < -0.3 is 24.6 Å². The summed E-state index contributed by atoms with van der Waals surface area (Å²) < 4.78 is 11.4. The number of hydrogen-bond acceptors (Lipinski definition) is 4. The SMILES string of the molecule is CCNC(=NCCCOC1CCOCC1)N1CC(CCN2CCCC2=O)c2ccccc21. The summed E-state index contributed by atoms with van der Waals surface area (Å²) in [5.41, 5.74) is 2.61. The Labute approximate surface area is 192 Å². The van der Waals surface area contributed by atoms with E-state index in [0.29, 0.717) is 24.3 Å². The Bertz CT molecular complexity index is 778. The summed E-state index contributed by atoms with van der Waals surface area (Å²) in [4.78, 5) is 21.3. The Morgan fingerprint density at radius 1 is 1.28 bits per heavy atom. The van der Waals surface area contributed by atoms with E-state index in [2.05, 4.69) is 41.4 Å². The molecule has 32 heavy (non-hydrogen) atoms. The summed E-state index contributed by atoms with van der Waals surface area (Å²) in [6, 6.07) is 8.64. The van der Waals surface area contributed by atoms with Gasteiger partial charge in [-0.15, -0.1) is 0 Å². The molecule has 3 aliphatic rings. The fourth-order valence-corrected chi connectivity index (χ4v) is 4.93. The number of nitrogens with zero attached hydrogens (tertiary/aromatic N) is 3. The van der Waals surface area contributed by atoms with E-state index < -0.39 is 0 Å². The molecule has 4 rings (SSSR count). The molecule has 1 atom stereocenters. The van der Waals surface area contributed by atoms with Crippen LogP contribution in [-0.2, 0) is 14.3 Å². The molecule has 3 aliphatic heterocycles. The zero-order valence-electron chi connectivity index (χ0n) is 19.4.